The zero-order valence-electron chi connectivity index (χ0n) is 11.2. The minimum Gasteiger partial charge on any atom is -0.237 e. The second-order valence-corrected chi connectivity index (χ2v) is 5.25. The van der Waals surface area contributed by atoms with E-state index in [1.165, 1.54) is 12.1 Å². The highest BCUT2D eigenvalue weighted by Gasteiger charge is 2.13. The van der Waals surface area contributed by atoms with Crippen molar-refractivity contribution in [1.82, 2.24) is 9.97 Å². The highest BCUT2D eigenvalue weighted by atomic mass is 35.5. The largest absolute Gasteiger partial charge is 0.237 e. The van der Waals surface area contributed by atoms with Crippen LogP contribution in [0.25, 0.3) is 0 Å². The minimum absolute atomic E-state index is 0.251. The molecule has 1 aromatic heterocycles. The first-order chi connectivity index (χ1) is 8.97. The van der Waals surface area contributed by atoms with Crippen LogP contribution in [0.4, 0.5) is 4.39 Å². The van der Waals surface area contributed by atoms with Gasteiger partial charge in [0.05, 0.1) is 0 Å². The fourth-order valence-electron chi connectivity index (χ4n) is 2.17. The highest BCUT2D eigenvalue weighted by Crippen LogP contribution is 2.25. The van der Waals surface area contributed by atoms with Gasteiger partial charge in [0, 0.05) is 17.7 Å². The van der Waals surface area contributed by atoms with Gasteiger partial charge in [-0.3, -0.25) is 0 Å². The fraction of sp³-hybridized carbons (Fsp3) is 0.333. The topological polar surface area (TPSA) is 25.8 Å². The first-order valence-corrected chi connectivity index (χ1v) is 6.62. The van der Waals surface area contributed by atoms with Gasteiger partial charge in [-0.05, 0) is 30.5 Å². The van der Waals surface area contributed by atoms with E-state index in [0.29, 0.717) is 17.4 Å². The van der Waals surface area contributed by atoms with Crippen molar-refractivity contribution in [3.8, 4) is 0 Å². The summed E-state index contributed by atoms with van der Waals surface area (Å²) in [5.41, 5.74) is 2.71. The van der Waals surface area contributed by atoms with Crippen molar-refractivity contribution in [2.24, 2.45) is 0 Å². The molecule has 1 aromatic carbocycles. The van der Waals surface area contributed by atoms with Crippen molar-refractivity contribution in [1.29, 1.82) is 0 Å². The van der Waals surface area contributed by atoms with Crippen LogP contribution in [0, 0.1) is 12.7 Å². The number of aryl methyl sites for hydroxylation is 1. The predicted octanol–water partition coefficient (Wildman–Crippen LogP) is 4.29. The van der Waals surface area contributed by atoms with Crippen LogP contribution in [-0.4, -0.2) is 9.97 Å². The second-order valence-electron chi connectivity index (χ2n) is 4.89. The van der Waals surface area contributed by atoms with E-state index >= 15 is 0 Å². The summed E-state index contributed by atoms with van der Waals surface area (Å²) in [5.74, 6) is 0.660. The monoisotopic (exact) mass is 278 g/mol. The third-order valence-corrected chi connectivity index (χ3v) is 3.25. The van der Waals surface area contributed by atoms with Crippen molar-refractivity contribution in [2.45, 2.75) is 33.1 Å². The molecule has 100 valence electrons. The van der Waals surface area contributed by atoms with Crippen molar-refractivity contribution in [2.75, 3.05) is 0 Å². The molecule has 0 saturated heterocycles. The maximum absolute atomic E-state index is 13.1. The van der Waals surface area contributed by atoms with E-state index in [4.69, 9.17) is 11.6 Å². The normalized spacial score (nSPS) is 11.1. The summed E-state index contributed by atoms with van der Waals surface area (Å²) in [6.45, 7) is 6.05. The number of hydrogen-bond donors (Lipinski definition) is 0. The molecule has 0 amide bonds. The third-order valence-electron chi connectivity index (χ3n) is 2.96. The molecule has 0 bridgehead atoms. The zero-order chi connectivity index (χ0) is 14.0. The zero-order valence-corrected chi connectivity index (χ0v) is 12.0. The van der Waals surface area contributed by atoms with Gasteiger partial charge in [-0.1, -0.05) is 37.6 Å². The van der Waals surface area contributed by atoms with E-state index in [1.54, 1.807) is 6.07 Å². The molecule has 4 heteroatoms. The van der Waals surface area contributed by atoms with Gasteiger partial charge in [0.1, 0.15) is 16.8 Å². The number of aromatic nitrogens is 2. The molecule has 2 aromatic rings. The summed E-state index contributed by atoms with van der Waals surface area (Å²) in [5, 5.41) is 0.494. The molecule has 0 aliphatic rings. The quantitative estimate of drug-likeness (QED) is 0.783. The van der Waals surface area contributed by atoms with Gasteiger partial charge in [0.15, 0.2) is 0 Å². The van der Waals surface area contributed by atoms with Gasteiger partial charge in [-0.25, -0.2) is 14.4 Å². The van der Waals surface area contributed by atoms with Crippen LogP contribution >= 0.6 is 11.6 Å². The van der Waals surface area contributed by atoms with Crippen LogP contribution in [-0.2, 0) is 6.42 Å². The smallest absolute Gasteiger partial charge is 0.136 e. The Morgan fingerprint density at radius 3 is 2.58 bits per heavy atom. The Labute approximate surface area is 117 Å². The van der Waals surface area contributed by atoms with E-state index in [-0.39, 0.29) is 11.7 Å². The van der Waals surface area contributed by atoms with Crippen LogP contribution in [0.1, 0.15) is 42.4 Å². The highest BCUT2D eigenvalue weighted by molar-refractivity contribution is 6.30. The molecule has 2 rings (SSSR count). The first kappa shape index (κ1) is 13.9. The van der Waals surface area contributed by atoms with E-state index in [9.17, 15) is 4.39 Å². The average molecular weight is 279 g/mol. The number of nitrogens with zero attached hydrogens (tertiary/aromatic N) is 2. The molecule has 0 atom stereocenters. The summed E-state index contributed by atoms with van der Waals surface area (Å²) in [6, 6.07) is 6.45. The van der Waals surface area contributed by atoms with Crippen LogP contribution in [0.15, 0.2) is 24.3 Å². The van der Waals surface area contributed by atoms with E-state index in [0.717, 1.165) is 16.8 Å². The molecule has 0 fully saturated rings. The van der Waals surface area contributed by atoms with Gasteiger partial charge in [-0.2, -0.15) is 0 Å². The summed E-state index contributed by atoms with van der Waals surface area (Å²) >= 11 is 6.20. The summed E-state index contributed by atoms with van der Waals surface area (Å²) in [7, 11) is 0. The number of benzene rings is 1. The van der Waals surface area contributed by atoms with Gasteiger partial charge < -0.3 is 0 Å². The molecule has 0 unspecified atom stereocenters. The lowest BCUT2D eigenvalue weighted by atomic mass is 10.0. The van der Waals surface area contributed by atoms with Crippen molar-refractivity contribution < 1.29 is 4.39 Å². The summed E-state index contributed by atoms with van der Waals surface area (Å²) < 4.78 is 13.1. The molecule has 0 aliphatic carbocycles. The molecule has 19 heavy (non-hydrogen) atoms. The van der Waals surface area contributed by atoms with Crippen LogP contribution < -0.4 is 0 Å². The average Bonchev–Trinajstić information content (AvgIpc) is 2.27. The van der Waals surface area contributed by atoms with E-state index in [2.05, 4.69) is 23.8 Å². The van der Waals surface area contributed by atoms with Crippen molar-refractivity contribution in [3.63, 3.8) is 0 Å². The van der Waals surface area contributed by atoms with Crippen LogP contribution in [0.2, 0.25) is 5.15 Å². The van der Waals surface area contributed by atoms with Gasteiger partial charge in [0.2, 0.25) is 0 Å². The first-order valence-electron chi connectivity index (χ1n) is 6.24. The predicted molar refractivity (Wildman–Crippen MR) is 75.1 cm³/mol. The van der Waals surface area contributed by atoms with Crippen molar-refractivity contribution in [3.05, 3.63) is 57.9 Å². The molecule has 2 nitrogen and oxygen atoms in total. The Bertz CT molecular complexity index is 573. The maximum atomic E-state index is 13.1. The Morgan fingerprint density at radius 2 is 2.00 bits per heavy atom. The molecular weight excluding hydrogens is 263 g/mol. The Balaban J connectivity index is 2.32. The molecule has 0 saturated carbocycles. The molecular formula is C15H16ClFN2. The van der Waals surface area contributed by atoms with E-state index < -0.39 is 0 Å². The summed E-state index contributed by atoms with van der Waals surface area (Å²) in [4.78, 5) is 8.77. The minimum atomic E-state index is -0.251. The fourth-order valence-corrected chi connectivity index (χ4v) is 2.62. The SMILES string of the molecule is Cc1nc(Cc2cccc(F)c2)nc(Cl)c1C(C)C. The van der Waals surface area contributed by atoms with Crippen LogP contribution in [0.3, 0.4) is 0 Å². The Morgan fingerprint density at radius 1 is 1.26 bits per heavy atom. The second kappa shape index (κ2) is 5.66. The number of halogens is 2. The molecule has 1 heterocycles. The van der Waals surface area contributed by atoms with Gasteiger partial charge in [-0.15, -0.1) is 0 Å². The molecule has 0 radical (unpaired) electrons. The van der Waals surface area contributed by atoms with Crippen molar-refractivity contribution >= 4 is 11.6 Å². The van der Waals surface area contributed by atoms with Gasteiger partial charge >= 0.3 is 0 Å². The number of hydrogen-bond acceptors (Lipinski definition) is 2. The lowest BCUT2D eigenvalue weighted by molar-refractivity contribution is 0.625. The van der Waals surface area contributed by atoms with E-state index in [1.807, 2.05) is 13.0 Å². The standard InChI is InChI=1S/C15H16ClFN2/c1-9(2)14-10(3)18-13(19-15(14)16)8-11-5-4-6-12(17)7-11/h4-7,9H,8H2,1-3H3. The lowest BCUT2D eigenvalue weighted by Gasteiger charge is -2.12. The van der Waals surface area contributed by atoms with Gasteiger partial charge in [0.25, 0.3) is 0 Å². The molecule has 0 N–H and O–H groups in total. The lowest BCUT2D eigenvalue weighted by Crippen LogP contribution is -2.05. The Kier molecular flexibility index (Phi) is 4.15. The molecule has 0 spiro atoms. The van der Waals surface area contributed by atoms with Crippen LogP contribution in [0.5, 0.6) is 0 Å². The number of rotatable bonds is 3. The maximum Gasteiger partial charge on any atom is 0.136 e. The molecule has 0 aliphatic heterocycles. The Hall–Kier alpha value is -1.48. The summed E-state index contributed by atoms with van der Waals surface area (Å²) in [6.07, 6.45) is 0.483. The third kappa shape index (κ3) is 3.29.